The molecule has 0 aliphatic rings. The lowest BCUT2D eigenvalue weighted by Crippen LogP contribution is -2.30. The molecule has 2 heteroatoms. The Balaban J connectivity index is 2.75. The van der Waals surface area contributed by atoms with Gasteiger partial charge in [-0.3, -0.25) is 0 Å². The number of rotatable bonds is 6. The van der Waals surface area contributed by atoms with E-state index < -0.39 is 0 Å². The van der Waals surface area contributed by atoms with Crippen molar-refractivity contribution in [3.63, 3.8) is 0 Å². The maximum atomic E-state index is 5.91. The first-order valence-corrected chi connectivity index (χ1v) is 7.30. The van der Waals surface area contributed by atoms with Gasteiger partial charge in [-0.05, 0) is 44.4 Å². The van der Waals surface area contributed by atoms with Crippen molar-refractivity contribution in [2.24, 2.45) is 0 Å². The van der Waals surface area contributed by atoms with E-state index in [1.165, 1.54) is 11.1 Å². The Labute approximate surface area is 118 Å². The van der Waals surface area contributed by atoms with Crippen LogP contribution in [-0.4, -0.2) is 18.8 Å². The second kappa shape index (κ2) is 7.06. The molecule has 0 saturated carbocycles. The van der Waals surface area contributed by atoms with Gasteiger partial charge in [0, 0.05) is 0 Å². The third kappa shape index (κ3) is 5.75. The van der Waals surface area contributed by atoms with Crippen molar-refractivity contribution in [3.05, 3.63) is 35.4 Å². The predicted octanol–water partition coefficient (Wildman–Crippen LogP) is 4.28. The minimum absolute atomic E-state index is 0.0917. The van der Waals surface area contributed by atoms with Gasteiger partial charge in [-0.25, -0.2) is 0 Å². The molecule has 1 aromatic carbocycles. The highest BCUT2D eigenvalue weighted by atomic mass is 16.5. The maximum Gasteiger partial charge on any atom is 0.0668 e. The first kappa shape index (κ1) is 16.2. The van der Waals surface area contributed by atoms with E-state index in [0.29, 0.717) is 12.5 Å². The number of nitrogens with one attached hydrogen (secondary N) is 1. The molecule has 0 aromatic heterocycles. The molecule has 1 aromatic rings. The van der Waals surface area contributed by atoms with E-state index in [-0.39, 0.29) is 11.6 Å². The van der Waals surface area contributed by atoms with E-state index in [1.807, 2.05) is 0 Å². The van der Waals surface area contributed by atoms with Crippen LogP contribution in [0.15, 0.2) is 24.3 Å². The van der Waals surface area contributed by atoms with Crippen molar-refractivity contribution >= 4 is 0 Å². The number of hydrogen-bond acceptors (Lipinski definition) is 2. The summed E-state index contributed by atoms with van der Waals surface area (Å²) in [7, 11) is 0. The van der Waals surface area contributed by atoms with Crippen LogP contribution < -0.4 is 5.32 Å². The quantitative estimate of drug-likeness (QED) is 0.827. The van der Waals surface area contributed by atoms with E-state index in [1.54, 1.807) is 0 Å². The molecule has 19 heavy (non-hydrogen) atoms. The summed E-state index contributed by atoms with van der Waals surface area (Å²) in [5.74, 6) is 0.581. The molecule has 0 aliphatic heterocycles. The lowest BCUT2D eigenvalue weighted by Gasteiger charge is -2.25. The zero-order valence-electron chi connectivity index (χ0n) is 13.3. The minimum atomic E-state index is -0.0917. The van der Waals surface area contributed by atoms with Gasteiger partial charge in [0.25, 0.3) is 0 Å². The summed E-state index contributed by atoms with van der Waals surface area (Å²) in [6.07, 6.45) is 0. The number of likely N-dealkylation sites (N-methyl/N-ethyl adjacent to an activating group) is 1. The third-order valence-corrected chi connectivity index (χ3v) is 3.14. The Morgan fingerprint density at radius 3 is 2.00 bits per heavy atom. The lowest BCUT2D eigenvalue weighted by atomic mass is 9.99. The molecule has 0 spiro atoms. The first-order chi connectivity index (χ1) is 8.83. The second-order valence-electron chi connectivity index (χ2n) is 6.36. The van der Waals surface area contributed by atoms with Crippen molar-refractivity contribution < 1.29 is 4.74 Å². The molecule has 1 rings (SSSR count). The molecule has 0 amide bonds. The smallest absolute Gasteiger partial charge is 0.0668 e. The van der Waals surface area contributed by atoms with Gasteiger partial charge < -0.3 is 10.1 Å². The number of hydrogen-bond donors (Lipinski definition) is 1. The van der Waals surface area contributed by atoms with E-state index in [4.69, 9.17) is 4.74 Å². The summed E-state index contributed by atoms with van der Waals surface area (Å²) in [6, 6.07) is 9.15. The highest BCUT2D eigenvalue weighted by Crippen LogP contribution is 2.20. The Morgan fingerprint density at radius 1 is 1.05 bits per heavy atom. The lowest BCUT2D eigenvalue weighted by molar-refractivity contribution is -0.0146. The van der Waals surface area contributed by atoms with Gasteiger partial charge in [0.05, 0.1) is 18.2 Å². The van der Waals surface area contributed by atoms with Crippen LogP contribution in [0.1, 0.15) is 64.6 Å². The van der Waals surface area contributed by atoms with Gasteiger partial charge >= 0.3 is 0 Å². The summed E-state index contributed by atoms with van der Waals surface area (Å²) >= 11 is 0. The summed E-state index contributed by atoms with van der Waals surface area (Å²) in [5, 5.41) is 3.50. The maximum absolute atomic E-state index is 5.91. The van der Waals surface area contributed by atoms with E-state index in [0.717, 1.165) is 6.54 Å². The van der Waals surface area contributed by atoms with E-state index in [2.05, 4.69) is 71.1 Å². The number of benzene rings is 1. The monoisotopic (exact) mass is 263 g/mol. The van der Waals surface area contributed by atoms with Gasteiger partial charge in [-0.1, -0.05) is 45.0 Å². The van der Waals surface area contributed by atoms with Crippen LogP contribution in [0.2, 0.25) is 0 Å². The van der Waals surface area contributed by atoms with Gasteiger partial charge in [0.15, 0.2) is 0 Å². The average molecular weight is 263 g/mol. The van der Waals surface area contributed by atoms with Gasteiger partial charge in [0.1, 0.15) is 0 Å². The SMILES string of the molecule is CCNC(COC(C)(C)C)c1ccc(C(C)C)cc1. The van der Waals surface area contributed by atoms with Crippen molar-refractivity contribution in [1.29, 1.82) is 0 Å². The fourth-order valence-electron chi connectivity index (χ4n) is 1.97. The van der Waals surface area contributed by atoms with Crippen LogP contribution >= 0.6 is 0 Å². The number of ether oxygens (including phenoxy) is 1. The Bertz CT molecular complexity index is 362. The van der Waals surface area contributed by atoms with Crippen molar-refractivity contribution in [1.82, 2.24) is 5.32 Å². The zero-order chi connectivity index (χ0) is 14.5. The molecule has 0 heterocycles. The molecule has 0 saturated heterocycles. The van der Waals surface area contributed by atoms with Crippen LogP contribution in [0.4, 0.5) is 0 Å². The van der Waals surface area contributed by atoms with Crippen LogP contribution in [-0.2, 0) is 4.74 Å². The second-order valence-corrected chi connectivity index (χ2v) is 6.36. The molecular formula is C17H29NO. The van der Waals surface area contributed by atoms with Crippen LogP contribution in [0.25, 0.3) is 0 Å². The fraction of sp³-hybridized carbons (Fsp3) is 0.647. The van der Waals surface area contributed by atoms with E-state index in [9.17, 15) is 0 Å². The summed E-state index contributed by atoms with van der Waals surface area (Å²) < 4.78 is 5.91. The Morgan fingerprint density at radius 2 is 1.58 bits per heavy atom. The summed E-state index contributed by atoms with van der Waals surface area (Å²) in [6.45, 7) is 14.5. The van der Waals surface area contributed by atoms with Gasteiger partial charge in [-0.15, -0.1) is 0 Å². The topological polar surface area (TPSA) is 21.3 Å². The zero-order valence-corrected chi connectivity index (χ0v) is 13.3. The average Bonchev–Trinajstić information content (AvgIpc) is 2.33. The predicted molar refractivity (Wildman–Crippen MR) is 82.7 cm³/mol. The van der Waals surface area contributed by atoms with Crippen LogP contribution in [0.3, 0.4) is 0 Å². The standard InChI is InChI=1S/C17H29NO/c1-7-18-16(12-19-17(4,5)6)15-10-8-14(9-11-15)13(2)3/h8-11,13,16,18H,7,12H2,1-6H3. The summed E-state index contributed by atoms with van der Waals surface area (Å²) in [5.41, 5.74) is 2.59. The Hall–Kier alpha value is -0.860. The molecule has 0 aliphatic carbocycles. The molecule has 0 bridgehead atoms. The van der Waals surface area contributed by atoms with Crippen LogP contribution in [0.5, 0.6) is 0 Å². The van der Waals surface area contributed by atoms with Gasteiger partial charge in [0.2, 0.25) is 0 Å². The highest BCUT2D eigenvalue weighted by molar-refractivity contribution is 5.27. The van der Waals surface area contributed by atoms with Crippen LogP contribution in [0, 0.1) is 0 Å². The first-order valence-electron chi connectivity index (χ1n) is 7.30. The van der Waals surface area contributed by atoms with Crippen molar-refractivity contribution in [3.8, 4) is 0 Å². The minimum Gasteiger partial charge on any atom is -0.374 e. The largest absolute Gasteiger partial charge is 0.374 e. The molecule has 1 unspecified atom stereocenters. The fourth-order valence-corrected chi connectivity index (χ4v) is 1.97. The Kier molecular flexibility index (Phi) is 6.02. The summed E-state index contributed by atoms with van der Waals surface area (Å²) in [4.78, 5) is 0. The third-order valence-electron chi connectivity index (χ3n) is 3.14. The normalized spacial score (nSPS) is 13.8. The highest BCUT2D eigenvalue weighted by Gasteiger charge is 2.16. The molecule has 1 atom stereocenters. The molecule has 0 radical (unpaired) electrons. The van der Waals surface area contributed by atoms with E-state index >= 15 is 0 Å². The molecule has 108 valence electrons. The molecular weight excluding hydrogens is 234 g/mol. The molecule has 1 N–H and O–H groups in total. The molecule has 0 fully saturated rings. The van der Waals surface area contributed by atoms with Gasteiger partial charge in [-0.2, -0.15) is 0 Å². The van der Waals surface area contributed by atoms with Crippen molar-refractivity contribution in [2.75, 3.05) is 13.2 Å². The van der Waals surface area contributed by atoms with Crippen molar-refractivity contribution in [2.45, 2.75) is 59.1 Å². The molecule has 2 nitrogen and oxygen atoms in total.